The van der Waals surface area contributed by atoms with Gasteiger partial charge >= 0.3 is 0 Å². The van der Waals surface area contributed by atoms with E-state index in [0.717, 1.165) is 24.0 Å². The van der Waals surface area contributed by atoms with Crippen LogP contribution in [-0.4, -0.2) is 5.11 Å². The number of nitrogens with zero attached hydrogens (tertiary/aromatic N) is 1. The fourth-order valence-electron chi connectivity index (χ4n) is 3.81. The number of phenolic OH excluding ortho intramolecular Hbond substituents is 1. The zero-order valence-electron chi connectivity index (χ0n) is 18.0. The lowest BCUT2D eigenvalue weighted by atomic mass is 10.1. The molecule has 0 amide bonds. The minimum atomic E-state index is 0.392. The molecular weight excluding hydrogens is 397 g/mol. The normalized spacial score (nSPS) is 11.2. The maximum absolute atomic E-state index is 10.6. The second kappa shape index (κ2) is 9.81. The quantitative estimate of drug-likeness (QED) is 0.376. The molecule has 31 heavy (non-hydrogen) atoms. The van der Waals surface area contributed by atoms with Crippen molar-refractivity contribution < 1.29 is 5.11 Å². The van der Waals surface area contributed by atoms with E-state index in [1.807, 2.05) is 25.1 Å². The molecule has 2 nitrogen and oxygen atoms in total. The average Bonchev–Trinajstić information content (AvgIpc) is 2.79. The van der Waals surface area contributed by atoms with Crippen LogP contribution in [0, 0.1) is 13.8 Å². The van der Waals surface area contributed by atoms with Crippen LogP contribution in [0.4, 0.5) is 5.69 Å². The molecule has 0 heterocycles. The first-order valence-electron chi connectivity index (χ1n) is 10.6. The Morgan fingerprint density at radius 1 is 0.645 bits per heavy atom. The first-order valence-corrected chi connectivity index (χ1v) is 11.6. The van der Waals surface area contributed by atoms with Gasteiger partial charge in [0, 0.05) is 29.4 Å². The second-order valence-electron chi connectivity index (χ2n) is 7.89. The highest BCUT2D eigenvalue weighted by atomic mass is 31.1. The summed E-state index contributed by atoms with van der Waals surface area (Å²) in [6.45, 7) is 5.79. The van der Waals surface area contributed by atoms with Crippen LogP contribution >= 0.6 is 8.58 Å². The molecule has 0 radical (unpaired) electrons. The van der Waals surface area contributed by atoms with Crippen molar-refractivity contribution in [3.63, 3.8) is 0 Å². The molecule has 0 fully saturated rings. The molecule has 0 aromatic heterocycles. The molecule has 0 spiro atoms. The Labute approximate surface area is 187 Å². The van der Waals surface area contributed by atoms with Gasteiger partial charge in [0.15, 0.2) is 0 Å². The number of rotatable bonds is 7. The van der Waals surface area contributed by atoms with Crippen molar-refractivity contribution in [1.29, 1.82) is 0 Å². The van der Waals surface area contributed by atoms with E-state index in [2.05, 4.69) is 90.7 Å². The fourth-order valence-corrected chi connectivity index (χ4v) is 5.22. The van der Waals surface area contributed by atoms with Crippen LogP contribution < -0.4 is 15.5 Å². The van der Waals surface area contributed by atoms with Gasteiger partial charge in [-0.1, -0.05) is 99.6 Å². The van der Waals surface area contributed by atoms with Crippen molar-refractivity contribution in [2.75, 3.05) is 4.90 Å². The van der Waals surface area contributed by atoms with E-state index in [4.69, 9.17) is 0 Å². The minimum Gasteiger partial charge on any atom is -0.507 e. The van der Waals surface area contributed by atoms with Gasteiger partial charge in [0.25, 0.3) is 0 Å². The van der Waals surface area contributed by atoms with Gasteiger partial charge in [0.05, 0.1) is 0 Å². The van der Waals surface area contributed by atoms with E-state index >= 15 is 0 Å². The summed E-state index contributed by atoms with van der Waals surface area (Å²) in [5.41, 5.74) is 5.97. The molecule has 0 aliphatic heterocycles. The van der Waals surface area contributed by atoms with E-state index in [9.17, 15) is 5.11 Å². The standard InChI is InChI=1S/C28H28NOP/c1-21-11-10-18-26(27(21)30)31-28-22(2)12-9-17-25(28)29(19-23-13-5-3-6-14-23)20-24-15-7-4-8-16-24/h3-18,30-31H,19-20H2,1-2H3. The largest absolute Gasteiger partial charge is 0.507 e. The van der Waals surface area contributed by atoms with Crippen LogP contribution in [0.1, 0.15) is 22.3 Å². The molecule has 4 aromatic carbocycles. The highest BCUT2D eigenvalue weighted by Crippen LogP contribution is 2.29. The van der Waals surface area contributed by atoms with Crippen LogP contribution in [0.5, 0.6) is 5.75 Å². The third-order valence-electron chi connectivity index (χ3n) is 5.52. The van der Waals surface area contributed by atoms with Crippen LogP contribution in [0.15, 0.2) is 97.1 Å². The molecule has 3 heteroatoms. The molecule has 0 saturated carbocycles. The van der Waals surface area contributed by atoms with Crippen molar-refractivity contribution in [3.8, 4) is 5.75 Å². The maximum Gasteiger partial charge on any atom is 0.126 e. The average molecular weight is 426 g/mol. The Bertz CT molecular complexity index is 1100. The number of phenols is 1. The Kier molecular flexibility index (Phi) is 6.70. The first-order chi connectivity index (χ1) is 15.1. The Balaban J connectivity index is 1.75. The summed E-state index contributed by atoms with van der Waals surface area (Å²) < 4.78 is 0. The molecule has 1 N–H and O–H groups in total. The van der Waals surface area contributed by atoms with Crippen LogP contribution in [0.2, 0.25) is 0 Å². The Morgan fingerprint density at radius 3 is 1.81 bits per heavy atom. The predicted octanol–water partition coefficient (Wildman–Crippen LogP) is 5.85. The number of anilines is 1. The molecule has 4 rings (SSSR count). The van der Waals surface area contributed by atoms with Crippen molar-refractivity contribution >= 4 is 24.9 Å². The summed E-state index contributed by atoms with van der Waals surface area (Å²) in [6.07, 6.45) is 0. The lowest BCUT2D eigenvalue weighted by Gasteiger charge is -2.29. The minimum absolute atomic E-state index is 0.392. The molecule has 0 bridgehead atoms. The van der Waals surface area contributed by atoms with Gasteiger partial charge in [-0.25, -0.2) is 0 Å². The SMILES string of the molecule is Cc1cccc(Pc2c(C)cccc2N(Cc2ccccc2)Cc2ccccc2)c1O. The summed E-state index contributed by atoms with van der Waals surface area (Å²) in [5.74, 6) is 0.410. The molecule has 0 saturated heterocycles. The molecular formula is C28H28NOP. The molecule has 1 atom stereocenters. The topological polar surface area (TPSA) is 23.5 Å². The van der Waals surface area contributed by atoms with Crippen molar-refractivity contribution in [1.82, 2.24) is 0 Å². The summed E-state index contributed by atoms with van der Waals surface area (Å²) in [7, 11) is 0.392. The van der Waals surface area contributed by atoms with E-state index < -0.39 is 0 Å². The van der Waals surface area contributed by atoms with Gasteiger partial charge in [0.1, 0.15) is 5.75 Å². The van der Waals surface area contributed by atoms with Gasteiger partial charge < -0.3 is 10.0 Å². The summed E-state index contributed by atoms with van der Waals surface area (Å²) in [5, 5.41) is 12.9. The fraction of sp³-hybridized carbons (Fsp3) is 0.143. The van der Waals surface area contributed by atoms with E-state index in [1.165, 1.54) is 27.7 Å². The summed E-state index contributed by atoms with van der Waals surface area (Å²) >= 11 is 0. The van der Waals surface area contributed by atoms with Crippen LogP contribution in [-0.2, 0) is 13.1 Å². The van der Waals surface area contributed by atoms with Crippen molar-refractivity contribution in [3.05, 3.63) is 119 Å². The maximum atomic E-state index is 10.6. The number of hydrogen-bond acceptors (Lipinski definition) is 2. The van der Waals surface area contributed by atoms with Gasteiger partial charge in [0.2, 0.25) is 0 Å². The predicted molar refractivity (Wildman–Crippen MR) is 134 cm³/mol. The van der Waals surface area contributed by atoms with Gasteiger partial charge in [-0.3, -0.25) is 0 Å². The zero-order valence-corrected chi connectivity index (χ0v) is 19.0. The van der Waals surface area contributed by atoms with Gasteiger partial charge in [-0.15, -0.1) is 0 Å². The third kappa shape index (κ3) is 5.16. The summed E-state index contributed by atoms with van der Waals surface area (Å²) in [6, 6.07) is 33.8. The Morgan fingerprint density at radius 2 is 1.19 bits per heavy atom. The zero-order chi connectivity index (χ0) is 21.6. The number of para-hydroxylation sites is 1. The lowest BCUT2D eigenvalue weighted by Crippen LogP contribution is -2.27. The number of hydrogen-bond donors (Lipinski definition) is 1. The molecule has 0 aliphatic carbocycles. The Hall–Kier alpha value is -3.09. The van der Waals surface area contributed by atoms with Gasteiger partial charge in [-0.05, 0) is 42.2 Å². The van der Waals surface area contributed by atoms with Crippen molar-refractivity contribution in [2.45, 2.75) is 26.9 Å². The number of aryl methyl sites for hydroxylation is 2. The molecule has 1 unspecified atom stereocenters. The second-order valence-corrected chi connectivity index (χ2v) is 9.18. The first kappa shape index (κ1) is 21.2. The highest BCUT2D eigenvalue weighted by molar-refractivity contribution is 7.56. The monoisotopic (exact) mass is 425 g/mol. The lowest BCUT2D eigenvalue weighted by molar-refractivity contribution is 0.475. The third-order valence-corrected chi connectivity index (χ3v) is 7.09. The smallest absolute Gasteiger partial charge is 0.126 e. The molecule has 4 aromatic rings. The number of benzene rings is 4. The highest BCUT2D eigenvalue weighted by Gasteiger charge is 2.16. The van der Waals surface area contributed by atoms with Crippen molar-refractivity contribution in [2.24, 2.45) is 0 Å². The summed E-state index contributed by atoms with van der Waals surface area (Å²) in [4.78, 5) is 2.45. The van der Waals surface area contributed by atoms with E-state index in [1.54, 1.807) is 0 Å². The van der Waals surface area contributed by atoms with Crippen LogP contribution in [0.25, 0.3) is 0 Å². The molecule has 0 aliphatic rings. The number of aromatic hydroxyl groups is 1. The van der Waals surface area contributed by atoms with Crippen LogP contribution in [0.3, 0.4) is 0 Å². The van der Waals surface area contributed by atoms with E-state index in [-0.39, 0.29) is 0 Å². The van der Waals surface area contributed by atoms with Gasteiger partial charge in [-0.2, -0.15) is 0 Å². The van der Waals surface area contributed by atoms with E-state index in [0.29, 0.717) is 14.3 Å². The molecule has 156 valence electrons.